The fourth-order valence-electron chi connectivity index (χ4n) is 3.77. The van der Waals surface area contributed by atoms with Crippen molar-refractivity contribution >= 4 is 11.8 Å². The van der Waals surface area contributed by atoms with Gasteiger partial charge in [-0.05, 0) is 61.4 Å². The maximum Gasteiger partial charge on any atom is 0.254 e. The van der Waals surface area contributed by atoms with Gasteiger partial charge in [0.2, 0.25) is 0 Å². The van der Waals surface area contributed by atoms with Crippen LogP contribution in [0.2, 0.25) is 0 Å². The molecule has 0 N–H and O–H groups in total. The lowest BCUT2D eigenvalue weighted by atomic mass is 10.1. The van der Waals surface area contributed by atoms with Gasteiger partial charge in [0.1, 0.15) is 0 Å². The molecule has 1 aliphatic rings. The molecule has 1 aromatic heterocycles. The van der Waals surface area contributed by atoms with E-state index < -0.39 is 0 Å². The Morgan fingerprint density at radius 3 is 2.00 bits per heavy atom. The van der Waals surface area contributed by atoms with Gasteiger partial charge in [0.05, 0.1) is 0 Å². The Bertz CT molecular complexity index is 993. The summed E-state index contributed by atoms with van der Waals surface area (Å²) in [6.07, 6.45) is 4.74. The van der Waals surface area contributed by atoms with Crippen molar-refractivity contribution < 1.29 is 9.59 Å². The molecule has 2 heterocycles. The Morgan fingerprint density at radius 2 is 1.34 bits per heavy atom. The zero-order valence-corrected chi connectivity index (χ0v) is 16.6. The van der Waals surface area contributed by atoms with Gasteiger partial charge < -0.3 is 14.4 Å². The average Bonchev–Trinajstić information content (AvgIpc) is 3.18. The number of aryl methyl sites for hydroxylation is 1. The highest BCUT2D eigenvalue weighted by molar-refractivity contribution is 5.96. The van der Waals surface area contributed by atoms with Crippen LogP contribution in [0.5, 0.6) is 0 Å². The van der Waals surface area contributed by atoms with Crippen LogP contribution in [-0.2, 0) is 0 Å². The first-order chi connectivity index (χ1) is 14.1. The van der Waals surface area contributed by atoms with Crippen molar-refractivity contribution in [1.82, 2.24) is 14.4 Å². The number of rotatable bonds is 3. The Hall–Kier alpha value is -3.34. The molecule has 2 amide bonds. The first-order valence-electron chi connectivity index (χ1n) is 10.0. The van der Waals surface area contributed by atoms with E-state index in [1.54, 1.807) is 0 Å². The van der Waals surface area contributed by atoms with Crippen LogP contribution in [-0.4, -0.2) is 52.4 Å². The van der Waals surface area contributed by atoms with E-state index in [4.69, 9.17) is 0 Å². The number of carbonyl (C=O) groups is 2. The van der Waals surface area contributed by atoms with E-state index in [1.165, 1.54) is 0 Å². The predicted octanol–water partition coefficient (Wildman–Crippen LogP) is 3.77. The van der Waals surface area contributed by atoms with E-state index in [-0.39, 0.29) is 11.8 Å². The third-order valence-corrected chi connectivity index (χ3v) is 5.46. The second-order valence-corrected chi connectivity index (χ2v) is 7.39. The van der Waals surface area contributed by atoms with Crippen LogP contribution in [0.4, 0.5) is 0 Å². The number of benzene rings is 2. The van der Waals surface area contributed by atoms with E-state index in [9.17, 15) is 9.59 Å². The first kappa shape index (κ1) is 19.0. The third kappa shape index (κ3) is 4.09. The molecule has 0 bridgehead atoms. The third-order valence-electron chi connectivity index (χ3n) is 5.46. The van der Waals surface area contributed by atoms with Gasteiger partial charge in [-0.2, -0.15) is 0 Å². The standard InChI is InChI=1S/C24H25N3O2/c1-19-7-2-3-8-22(19)24(29)27-16-6-15-26(17-18-27)23(28)20-9-11-21(12-10-20)25-13-4-5-14-25/h2-5,7-14H,6,15-18H2,1H3. The van der Waals surface area contributed by atoms with Gasteiger partial charge in [-0.15, -0.1) is 0 Å². The van der Waals surface area contributed by atoms with Gasteiger partial charge in [-0.25, -0.2) is 0 Å². The average molecular weight is 387 g/mol. The lowest BCUT2D eigenvalue weighted by Crippen LogP contribution is -2.37. The smallest absolute Gasteiger partial charge is 0.254 e. The van der Waals surface area contributed by atoms with Gasteiger partial charge in [-0.3, -0.25) is 9.59 Å². The predicted molar refractivity (Wildman–Crippen MR) is 113 cm³/mol. The molecule has 3 aromatic rings. The lowest BCUT2D eigenvalue weighted by Gasteiger charge is -2.23. The molecule has 1 fully saturated rings. The SMILES string of the molecule is Cc1ccccc1C(=O)N1CCCN(C(=O)c2ccc(-n3cccc3)cc2)CC1. The number of hydrogen-bond acceptors (Lipinski definition) is 2. The van der Waals surface area contributed by atoms with E-state index in [1.807, 2.05) is 94.3 Å². The van der Waals surface area contributed by atoms with Crippen LogP contribution < -0.4 is 0 Å². The number of nitrogens with zero attached hydrogens (tertiary/aromatic N) is 3. The maximum atomic E-state index is 13.0. The Kier molecular flexibility index (Phi) is 5.47. The normalized spacial score (nSPS) is 14.5. The molecular formula is C24H25N3O2. The van der Waals surface area contributed by atoms with Gasteiger partial charge in [0.15, 0.2) is 0 Å². The van der Waals surface area contributed by atoms with Crippen molar-refractivity contribution in [3.63, 3.8) is 0 Å². The summed E-state index contributed by atoms with van der Waals surface area (Å²) in [5.74, 6) is 0.0720. The van der Waals surface area contributed by atoms with E-state index >= 15 is 0 Å². The summed E-state index contributed by atoms with van der Waals surface area (Å²) < 4.78 is 2.01. The summed E-state index contributed by atoms with van der Waals surface area (Å²) in [5.41, 5.74) is 3.43. The molecule has 1 saturated heterocycles. The van der Waals surface area contributed by atoms with E-state index in [0.29, 0.717) is 31.7 Å². The monoisotopic (exact) mass is 387 g/mol. The first-order valence-corrected chi connectivity index (χ1v) is 10.0. The fourth-order valence-corrected chi connectivity index (χ4v) is 3.77. The molecule has 0 saturated carbocycles. The van der Waals surface area contributed by atoms with Crippen molar-refractivity contribution in [2.75, 3.05) is 26.2 Å². The van der Waals surface area contributed by atoms with Gasteiger partial charge in [0.25, 0.3) is 11.8 Å². The van der Waals surface area contributed by atoms with Crippen molar-refractivity contribution in [3.8, 4) is 5.69 Å². The zero-order chi connectivity index (χ0) is 20.2. The van der Waals surface area contributed by atoms with Gasteiger partial charge in [-0.1, -0.05) is 18.2 Å². The second-order valence-electron chi connectivity index (χ2n) is 7.39. The van der Waals surface area contributed by atoms with Crippen LogP contribution >= 0.6 is 0 Å². The molecule has 0 unspecified atom stereocenters. The Balaban J connectivity index is 1.42. The van der Waals surface area contributed by atoms with Crippen LogP contribution in [0.15, 0.2) is 73.1 Å². The molecule has 29 heavy (non-hydrogen) atoms. The number of hydrogen-bond donors (Lipinski definition) is 0. The summed E-state index contributed by atoms with van der Waals surface area (Å²) in [4.78, 5) is 29.6. The lowest BCUT2D eigenvalue weighted by molar-refractivity contribution is 0.0718. The van der Waals surface area contributed by atoms with Crippen molar-refractivity contribution in [3.05, 3.63) is 89.7 Å². The topological polar surface area (TPSA) is 45.6 Å². The minimum atomic E-state index is 0.0225. The molecular weight excluding hydrogens is 362 g/mol. The highest BCUT2D eigenvalue weighted by atomic mass is 16.2. The minimum absolute atomic E-state index is 0.0225. The largest absolute Gasteiger partial charge is 0.337 e. The van der Waals surface area contributed by atoms with Crippen LogP contribution in [0.3, 0.4) is 0 Å². The molecule has 5 heteroatoms. The molecule has 148 valence electrons. The van der Waals surface area contributed by atoms with Crippen molar-refractivity contribution in [2.45, 2.75) is 13.3 Å². The summed E-state index contributed by atoms with van der Waals surface area (Å²) >= 11 is 0. The van der Waals surface area contributed by atoms with Gasteiger partial charge in [0, 0.05) is 55.4 Å². The summed E-state index contributed by atoms with van der Waals surface area (Å²) in [7, 11) is 0. The number of amides is 2. The highest BCUT2D eigenvalue weighted by Crippen LogP contribution is 2.16. The quantitative estimate of drug-likeness (QED) is 0.687. The Morgan fingerprint density at radius 1 is 0.724 bits per heavy atom. The van der Waals surface area contributed by atoms with Gasteiger partial charge >= 0.3 is 0 Å². The molecule has 1 aliphatic heterocycles. The Labute approximate surface area is 171 Å². The number of aromatic nitrogens is 1. The second kappa shape index (κ2) is 8.35. The highest BCUT2D eigenvalue weighted by Gasteiger charge is 2.24. The molecule has 0 aliphatic carbocycles. The molecule has 2 aromatic carbocycles. The van der Waals surface area contributed by atoms with E-state index in [2.05, 4.69) is 0 Å². The van der Waals surface area contributed by atoms with E-state index in [0.717, 1.165) is 23.2 Å². The molecule has 5 nitrogen and oxygen atoms in total. The zero-order valence-electron chi connectivity index (χ0n) is 16.6. The molecule has 0 spiro atoms. The maximum absolute atomic E-state index is 13.0. The summed E-state index contributed by atoms with van der Waals surface area (Å²) in [6, 6.07) is 19.3. The minimum Gasteiger partial charge on any atom is -0.337 e. The van der Waals surface area contributed by atoms with Crippen LogP contribution in [0.1, 0.15) is 32.7 Å². The molecule has 0 radical (unpaired) electrons. The van der Waals surface area contributed by atoms with Crippen molar-refractivity contribution in [1.29, 1.82) is 0 Å². The molecule has 0 atom stereocenters. The molecule has 4 rings (SSSR count). The van der Waals surface area contributed by atoms with Crippen LogP contribution in [0, 0.1) is 6.92 Å². The fraction of sp³-hybridized carbons (Fsp3) is 0.250. The number of carbonyl (C=O) groups excluding carboxylic acids is 2. The summed E-state index contributed by atoms with van der Waals surface area (Å²) in [5, 5.41) is 0. The van der Waals surface area contributed by atoms with Crippen LogP contribution in [0.25, 0.3) is 5.69 Å². The summed E-state index contributed by atoms with van der Waals surface area (Å²) in [6.45, 7) is 4.40. The van der Waals surface area contributed by atoms with Crippen molar-refractivity contribution in [2.24, 2.45) is 0 Å².